The van der Waals surface area contributed by atoms with Gasteiger partial charge < -0.3 is 10.0 Å². The lowest BCUT2D eigenvalue weighted by atomic mass is 9.96. The van der Waals surface area contributed by atoms with Crippen LogP contribution in [0.5, 0.6) is 0 Å². The summed E-state index contributed by atoms with van der Waals surface area (Å²) in [5.41, 5.74) is 0.107. The maximum atomic E-state index is 11.6. The quantitative estimate of drug-likeness (QED) is 0.682. The summed E-state index contributed by atoms with van der Waals surface area (Å²) in [6.07, 6.45) is 5.86. The van der Waals surface area contributed by atoms with Crippen LogP contribution in [0.1, 0.15) is 0 Å². The van der Waals surface area contributed by atoms with Crippen molar-refractivity contribution in [3.63, 3.8) is 0 Å². The number of hydrogen-bond acceptors (Lipinski definition) is 4. The average Bonchev–Trinajstić information content (AvgIpc) is 2.70. The third-order valence-electron chi connectivity index (χ3n) is 2.40. The number of carbonyl (C=O) groups is 2. The van der Waals surface area contributed by atoms with Gasteiger partial charge in [0, 0.05) is 6.54 Å². The Morgan fingerprint density at radius 1 is 1.60 bits per heavy atom. The van der Waals surface area contributed by atoms with Gasteiger partial charge in [-0.15, -0.1) is 0 Å². The first-order valence-corrected chi connectivity index (χ1v) is 4.61. The normalized spacial score (nSPS) is 24.5. The number of carboxylic acids is 1. The van der Waals surface area contributed by atoms with E-state index >= 15 is 0 Å². The van der Waals surface area contributed by atoms with Gasteiger partial charge >= 0.3 is 5.97 Å². The minimum Gasteiger partial charge on any atom is -0.478 e. The average molecular weight is 206 g/mol. The zero-order chi connectivity index (χ0) is 10.8. The van der Waals surface area contributed by atoms with E-state index in [0.29, 0.717) is 13.1 Å². The number of hydrogen-bond donors (Lipinski definition) is 1. The fourth-order valence-corrected chi connectivity index (χ4v) is 1.70. The summed E-state index contributed by atoms with van der Waals surface area (Å²) in [6, 6.07) is -0.709. The largest absolute Gasteiger partial charge is 0.478 e. The van der Waals surface area contributed by atoms with Crippen LogP contribution in [0, 0.1) is 0 Å². The molecule has 0 aromatic carbocycles. The van der Waals surface area contributed by atoms with Crippen LogP contribution in [0.2, 0.25) is 0 Å². The van der Waals surface area contributed by atoms with E-state index in [9.17, 15) is 9.59 Å². The van der Waals surface area contributed by atoms with E-state index in [1.165, 1.54) is 18.2 Å². The highest BCUT2D eigenvalue weighted by atomic mass is 16.4. The monoisotopic (exact) mass is 206 g/mol. The van der Waals surface area contributed by atoms with Crippen molar-refractivity contribution in [2.45, 2.75) is 6.04 Å². The van der Waals surface area contributed by atoms with Crippen LogP contribution < -0.4 is 0 Å². The molecule has 5 nitrogen and oxygen atoms in total. The van der Waals surface area contributed by atoms with Gasteiger partial charge in [0.25, 0.3) is 0 Å². The lowest BCUT2D eigenvalue weighted by Crippen LogP contribution is -2.43. The minimum absolute atomic E-state index is 0.107. The smallest absolute Gasteiger partial charge is 0.334 e. The van der Waals surface area contributed by atoms with E-state index in [4.69, 9.17) is 5.11 Å². The first-order chi connectivity index (χ1) is 7.20. The van der Waals surface area contributed by atoms with E-state index in [0.717, 1.165) is 0 Å². The molecule has 0 radical (unpaired) electrons. The van der Waals surface area contributed by atoms with Gasteiger partial charge in [0.1, 0.15) is 6.04 Å². The second-order valence-corrected chi connectivity index (χ2v) is 3.35. The summed E-state index contributed by atoms with van der Waals surface area (Å²) in [4.78, 5) is 28.2. The fraction of sp³-hybridized carbons (Fsp3) is 0.300. The highest BCUT2D eigenvalue weighted by molar-refractivity contribution is 6.07. The molecule has 0 saturated heterocycles. The molecule has 1 heterocycles. The third kappa shape index (κ3) is 1.68. The number of aliphatic imine (C=N–C) groups is 1. The van der Waals surface area contributed by atoms with Crippen LogP contribution >= 0.6 is 0 Å². The van der Waals surface area contributed by atoms with E-state index < -0.39 is 12.0 Å². The molecule has 2 aliphatic rings. The van der Waals surface area contributed by atoms with Crippen LogP contribution in [0.25, 0.3) is 0 Å². The van der Waals surface area contributed by atoms with Gasteiger partial charge in [-0.25, -0.2) is 4.79 Å². The van der Waals surface area contributed by atoms with Gasteiger partial charge in [-0.2, -0.15) is 0 Å². The Bertz CT molecular complexity index is 395. The number of allylic oxidation sites excluding steroid dienone is 2. The van der Waals surface area contributed by atoms with Gasteiger partial charge in [-0.1, -0.05) is 6.08 Å². The predicted molar refractivity (Wildman–Crippen MR) is 53.7 cm³/mol. The number of rotatable bonds is 2. The summed E-state index contributed by atoms with van der Waals surface area (Å²) in [5.74, 6) is -1.26. The van der Waals surface area contributed by atoms with Gasteiger partial charge in [-0.05, 0) is 12.2 Å². The summed E-state index contributed by atoms with van der Waals surface area (Å²) in [5, 5.41) is 8.96. The first-order valence-electron chi connectivity index (χ1n) is 4.61. The molecule has 2 rings (SSSR count). The Hall–Kier alpha value is -1.91. The minimum atomic E-state index is -1.06. The van der Waals surface area contributed by atoms with Crippen LogP contribution in [0.15, 0.2) is 28.8 Å². The van der Waals surface area contributed by atoms with Crippen molar-refractivity contribution < 1.29 is 14.7 Å². The zero-order valence-corrected chi connectivity index (χ0v) is 7.96. The van der Waals surface area contributed by atoms with Crippen molar-refractivity contribution in [3.05, 3.63) is 23.8 Å². The molecule has 0 aromatic rings. The lowest BCUT2D eigenvalue weighted by molar-refractivity contribution is -0.134. The number of carboxylic acid groups (broad SMARTS) is 1. The number of nitrogens with zero attached hydrogens (tertiary/aromatic N) is 2. The Morgan fingerprint density at radius 3 is 3.00 bits per heavy atom. The number of carbonyl (C=O) groups excluding carboxylic acids is 1. The van der Waals surface area contributed by atoms with Crippen LogP contribution in [-0.2, 0) is 9.59 Å². The SMILES string of the molecule is O=C(O)C1=CC=CC(=O)C1N1C=NCC1. The van der Waals surface area contributed by atoms with Crippen LogP contribution in [0.4, 0.5) is 0 Å². The topological polar surface area (TPSA) is 70.0 Å². The standard InChI is InChI=1S/C10H10N2O3/c13-8-3-1-2-7(10(14)15)9(8)12-5-4-11-6-12/h1-3,6,9H,4-5H2,(H,14,15). The highest BCUT2D eigenvalue weighted by Gasteiger charge is 2.32. The van der Waals surface area contributed by atoms with Crippen molar-refractivity contribution in [1.82, 2.24) is 4.90 Å². The highest BCUT2D eigenvalue weighted by Crippen LogP contribution is 2.17. The molecule has 1 aliphatic carbocycles. The Kier molecular flexibility index (Phi) is 2.37. The first kappa shape index (κ1) is 9.64. The molecule has 1 atom stereocenters. The Labute approximate surface area is 86.4 Å². The fourth-order valence-electron chi connectivity index (χ4n) is 1.70. The maximum absolute atomic E-state index is 11.6. The molecule has 1 unspecified atom stereocenters. The summed E-state index contributed by atoms with van der Waals surface area (Å²) in [7, 11) is 0. The Morgan fingerprint density at radius 2 is 2.40 bits per heavy atom. The van der Waals surface area contributed by atoms with E-state index in [-0.39, 0.29) is 11.4 Å². The molecule has 5 heteroatoms. The van der Waals surface area contributed by atoms with Crippen molar-refractivity contribution in [2.75, 3.05) is 13.1 Å². The summed E-state index contributed by atoms with van der Waals surface area (Å²) < 4.78 is 0. The van der Waals surface area contributed by atoms with Crippen molar-refractivity contribution in [1.29, 1.82) is 0 Å². The van der Waals surface area contributed by atoms with Crippen LogP contribution in [0.3, 0.4) is 0 Å². The third-order valence-corrected chi connectivity index (χ3v) is 2.40. The van der Waals surface area contributed by atoms with Gasteiger partial charge in [0.2, 0.25) is 0 Å². The molecule has 0 spiro atoms. The molecular weight excluding hydrogens is 196 g/mol. The van der Waals surface area contributed by atoms with E-state index in [1.54, 1.807) is 11.2 Å². The maximum Gasteiger partial charge on any atom is 0.334 e. The molecule has 15 heavy (non-hydrogen) atoms. The molecule has 0 aromatic heterocycles. The van der Waals surface area contributed by atoms with E-state index in [2.05, 4.69) is 4.99 Å². The summed E-state index contributed by atoms with van der Waals surface area (Å²) >= 11 is 0. The van der Waals surface area contributed by atoms with Crippen molar-refractivity contribution >= 4 is 18.1 Å². The lowest BCUT2D eigenvalue weighted by Gasteiger charge is -2.26. The molecule has 0 bridgehead atoms. The molecule has 1 N–H and O–H groups in total. The van der Waals surface area contributed by atoms with Crippen molar-refractivity contribution in [2.24, 2.45) is 4.99 Å². The number of aliphatic carboxylic acids is 1. The molecular formula is C10H10N2O3. The van der Waals surface area contributed by atoms with Crippen molar-refractivity contribution in [3.8, 4) is 0 Å². The van der Waals surface area contributed by atoms with Gasteiger partial charge in [0.05, 0.1) is 18.5 Å². The van der Waals surface area contributed by atoms with Gasteiger partial charge in [-0.3, -0.25) is 9.79 Å². The molecule has 0 fully saturated rings. The molecule has 78 valence electrons. The second kappa shape index (κ2) is 3.68. The predicted octanol–water partition coefficient (Wildman–Crippen LogP) is -0.151. The number of ketones is 1. The molecule has 0 amide bonds. The van der Waals surface area contributed by atoms with Crippen LogP contribution in [-0.4, -0.2) is 47.2 Å². The van der Waals surface area contributed by atoms with E-state index in [1.807, 2.05) is 0 Å². The van der Waals surface area contributed by atoms with Gasteiger partial charge in [0.15, 0.2) is 5.78 Å². The molecule has 0 saturated carbocycles. The Balaban J connectivity index is 2.30. The second-order valence-electron chi connectivity index (χ2n) is 3.35. The summed E-state index contributed by atoms with van der Waals surface area (Å²) in [6.45, 7) is 1.20. The zero-order valence-electron chi connectivity index (χ0n) is 7.96. The molecule has 1 aliphatic heterocycles.